The van der Waals surface area contributed by atoms with Gasteiger partial charge in [0.05, 0.1) is 0 Å². The summed E-state index contributed by atoms with van der Waals surface area (Å²) in [5.74, 6) is -0.456. The van der Waals surface area contributed by atoms with Gasteiger partial charge in [0, 0.05) is 20.1 Å². The number of carbonyl (C=O) groups excluding carboxylic acids is 1. The van der Waals surface area contributed by atoms with E-state index < -0.39 is 12.0 Å². The van der Waals surface area contributed by atoms with Crippen molar-refractivity contribution in [2.75, 3.05) is 20.1 Å². The number of urea groups is 1. The van der Waals surface area contributed by atoms with E-state index in [1.165, 1.54) is 4.90 Å². The first kappa shape index (κ1) is 13.8. The Hall–Kier alpha value is -1.26. The molecule has 1 aliphatic rings. The van der Waals surface area contributed by atoms with Gasteiger partial charge < -0.3 is 14.9 Å². The molecular formula is C12H22N2O3. The molecule has 0 bridgehead atoms. The fourth-order valence-electron chi connectivity index (χ4n) is 2.15. The standard InChI is InChI=1S/C12H22N2O3/c1-4-9(2)8-13(3)12(17)14-7-5-6-10(14)11(15)16/h9-10H,4-8H2,1-3H3,(H,15,16)/t9?,10-/m1/s1. The molecule has 1 aliphatic heterocycles. The molecule has 0 aromatic heterocycles. The first-order chi connectivity index (χ1) is 7.97. The summed E-state index contributed by atoms with van der Waals surface area (Å²) >= 11 is 0. The molecular weight excluding hydrogens is 220 g/mol. The van der Waals surface area contributed by atoms with E-state index >= 15 is 0 Å². The number of hydrogen-bond donors (Lipinski definition) is 1. The lowest BCUT2D eigenvalue weighted by Crippen LogP contribution is -2.47. The smallest absolute Gasteiger partial charge is 0.326 e. The van der Waals surface area contributed by atoms with Crippen LogP contribution in [-0.4, -0.2) is 53.1 Å². The molecule has 17 heavy (non-hydrogen) atoms. The number of amides is 2. The highest BCUT2D eigenvalue weighted by molar-refractivity contribution is 5.83. The van der Waals surface area contributed by atoms with Gasteiger partial charge in [-0.15, -0.1) is 0 Å². The summed E-state index contributed by atoms with van der Waals surface area (Å²) in [5.41, 5.74) is 0. The van der Waals surface area contributed by atoms with E-state index in [2.05, 4.69) is 13.8 Å². The highest BCUT2D eigenvalue weighted by Crippen LogP contribution is 2.19. The lowest BCUT2D eigenvalue weighted by molar-refractivity contribution is -0.141. The minimum Gasteiger partial charge on any atom is -0.480 e. The molecule has 5 nitrogen and oxygen atoms in total. The number of carboxylic acid groups (broad SMARTS) is 1. The largest absolute Gasteiger partial charge is 0.480 e. The minimum atomic E-state index is -0.896. The summed E-state index contributed by atoms with van der Waals surface area (Å²) in [6, 6.07) is -0.794. The van der Waals surface area contributed by atoms with Gasteiger partial charge in [0.25, 0.3) is 0 Å². The Bertz CT molecular complexity index is 293. The number of hydrogen-bond acceptors (Lipinski definition) is 2. The van der Waals surface area contributed by atoms with Crippen molar-refractivity contribution in [3.8, 4) is 0 Å². The highest BCUT2D eigenvalue weighted by Gasteiger charge is 2.35. The lowest BCUT2D eigenvalue weighted by atomic mass is 10.1. The molecule has 1 unspecified atom stereocenters. The molecule has 1 fully saturated rings. The lowest BCUT2D eigenvalue weighted by Gasteiger charge is -2.29. The Morgan fingerprint density at radius 2 is 2.18 bits per heavy atom. The molecule has 2 atom stereocenters. The number of carbonyl (C=O) groups is 2. The van der Waals surface area contributed by atoms with Crippen molar-refractivity contribution in [1.82, 2.24) is 9.80 Å². The predicted molar refractivity (Wildman–Crippen MR) is 64.8 cm³/mol. The minimum absolute atomic E-state index is 0.157. The summed E-state index contributed by atoms with van der Waals surface area (Å²) < 4.78 is 0. The molecule has 1 N–H and O–H groups in total. The molecule has 0 spiro atoms. The highest BCUT2D eigenvalue weighted by atomic mass is 16.4. The van der Waals surface area contributed by atoms with E-state index in [-0.39, 0.29) is 6.03 Å². The zero-order valence-corrected chi connectivity index (χ0v) is 10.8. The van der Waals surface area contributed by atoms with Crippen molar-refractivity contribution in [3.05, 3.63) is 0 Å². The van der Waals surface area contributed by atoms with Crippen molar-refractivity contribution in [3.63, 3.8) is 0 Å². The summed E-state index contributed by atoms with van der Waals surface area (Å²) in [7, 11) is 1.74. The zero-order valence-electron chi connectivity index (χ0n) is 10.8. The number of carboxylic acids is 1. The molecule has 1 heterocycles. The Morgan fingerprint density at radius 1 is 1.53 bits per heavy atom. The monoisotopic (exact) mass is 242 g/mol. The molecule has 0 aromatic rings. The third kappa shape index (κ3) is 3.35. The SMILES string of the molecule is CCC(C)CN(C)C(=O)N1CCC[C@@H]1C(=O)O. The van der Waals surface area contributed by atoms with Gasteiger partial charge in [-0.1, -0.05) is 20.3 Å². The van der Waals surface area contributed by atoms with E-state index in [0.717, 1.165) is 12.8 Å². The zero-order chi connectivity index (χ0) is 13.0. The number of nitrogens with zero attached hydrogens (tertiary/aromatic N) is 2. The second kappa shape index (κ2) is 5.89. The van der Waals surface area contributed by atoms with Gasteiger partial charge in [-0.25, -0.2) is 9.59 Å². The molecule has 0 aliphatic carbocycles. The van der Waals surface area contributed by atoms with E-state index in [1.54, 1.807) is 11.9 Å². The normalized spacial score (nSPS) is 21.4. The first-order valence-electron chi connectivity index (χ1n) is 6.21. The van der Waals surface area contributed by atoms with Gasteiger partial charge in [0.2, 0.25) is 0 Å². The average Bonchev–Trinajstić information content (AvgIpc) is 2.76. The Kier molecular flexibility index (Phi) is 4.78. The van der Waals surface area contributed by atoms with Crippen molar-refractivity contribution >= 4 is 12.0 Å². The number of rotatable bonds is 4. The van der Waals surface area contributed by atoms with Crippen molar-refractivity contribution in [2.45, 2.75) is 39.2 Å². The van der Waals surface area contributed by atoms with Crippen LogP contribution in [0.5, 0.6) is 0 Å². The molecule has 0 saturated carbocycles. The summed E-state index contributed by atoms with van der Waals surface area (Å²) in [6.45, 7) is 5.40. The second-order valence-electron chi connectivity index (χ2n) is 4.87. The van der Waals surface area contributed by atoms with Gasteiger partial charge in [0.1, 0.15) is 6.04 Å². The van der Waals surface area contributed by atoms with Gasteiger partial charge in [-0.05, 0) is 18.8 Å². The molecule has 98 valence electrons. The Balaban J connectivity index is 2.59. The van der Waals surface area contributed by atoms with Crippen LogP contribution in [-0.2, 0) is 4.79 Å². The maximum absolute atomic E-state index is 12.1. The summed E-state index contributed by atoms with van der Waals surface area (Å²) in [5, 5.41) is 9.03. The molecule has 1 saturated heterocycles. The molecule has 1 rings (SSSR count). The summed E-state index contributed by atoms with van der Waals surface area (Å²) in [6.07, 6.45) is 2.36. The number of aliphatic carboxylic acids is 1. The van der Waals surface area contributed by atoms with E-state index in [1.807, 2.05) is 0 Å². The maximum Gasteiger partial charge on any atom is 0.326 e. The van der Waals surface area contributed by atoms with Crippen molar-refractivity contribution in [1.29, 1.82) is 0 Å². The van der Waals surface area contributed by atoms with Crippen LogP contribution in [0.2, 0.25) is 0 Å². The van der Waals surface area contributed by atoms with E-state index in [4.69, 9.17) is 5.11 Å². The van der Waals surface area contributed by atoms with Crippen LogP contribution >= 0.6 is 0 Å². The molecule has 5 heteroatoms. The van der Waals surface area contributed by atoms with Crippen LogP contribution in [0.15, 0.2) is 0 Å². The van der Waals surface area contributed by atoms with Gasteiger partial charge in [0.15, 0.2) is 0 Å². The summed E-state index contributed by atoms with van der Waals surface area (Å²) in [4.78, 5) is 26.2. The Labute approximate surface area is 102 Å². The van der Waals surface area contributed by atoms with E-state index in [9.17, 15) is 9.59 Å². The third-order valence-corrected chi connectivity index (χ3v) is 3.39. The van der Waals surface area contributed by atoms with Gasteiger partial charge in [-0.2, -0.15) is 0 Å². The van der Waals surface area contributed by atoms with Crippen LogP contribution < -0.4 is 0 Å². The van der Waals surface area contributed by atoms with Crippen LogP contribution in [0.4, 0.5) is 4.79 Å². The molecule has 0 aromatic carbocycles. The van der Waals surface area contributed by atoms with Gasteiger partial charge >= 0.3 is 12.0 Å². The second-order valence-corrected chi connectivity index (χ2v) is 4.87. The molecule has 2 amide bonds. The van der Waals surface area contributed by atoms with Crippen LogP contribution in [0.3, 0.4) is 0 Å². The fraction of sp³-hybridized carbons (Fsp3) is 0.833. The molecule has 0 radical (unpaired) electrons. The van der Waals surface area contributed by atoms with Crippen molar-refractivity contribution < 1.29 is 14.7 Å². The van der Waals surface area contributed by atoms with Crippen LogP contribution in [0.25, 0.3) is 0 Å². The van der Waals surface area contributed by atoms with Gasteiger partial charge in [-0.3, -0.25) is 0 Å². The quantitative estimate of drug-likeness (QED) is 0.815. The van der Waals surface area contributed by atoms with Crippen LogP contribution in [0, 0.1) is 5.92 Å². The average molecular weight is 242 g/mol. The topological polar surface area (TPSA) is 60.9 Å². The first-order valence-corrected chi connectivity index (χ1v) is 6.21. The van der Waals surface area contributed by atoms with Crippen molar-refractivity contribution in [2.24, 2.45) is 5.92 Å². The maximum atomic E-state index is 12.1. The fourth-order valence-corrected chi connectivity index (χ4v) is 2.15. The van der Waals surface area contributed by atoms with E-state index in [0.29, 0.717) is 25.4 Å². The van der Waals surface area contributed by atoms with Crippen LogP contribution in [0.1, 0.15) is 33.1 Å². The third-order valence-electron chi connectivity index (χ3n) is 3.39. The number of likely N-dealkylation sites (tertiary alicyclic amines) is 1. The predicted octanol–water partition coefficient (Wildman–Crippen LogP) is 1.63. The Morgan fingerprint density at radius 3 is 2.71 bits per heavy atom.